The van der Waals surface area contributed by atoms with Crippen molar-refractivity contribution in [3.63, 3.8) is 0 Å². The van der Waals surface area contributed by atoms with Gasteiger partial charge in [0.15, 0.2) is 0 Å². The Morgan fingerprint density at radius 2 is 2.06 bits per heavy atom. The number of rotatable bonds is 2. The van der Waals surface area contributed by atoms with Crippen molar-refractivity contribution in [1.82, 2.24) is 4.98 Å². The van der Waals surface area contributed by atoms with Gasteiger partial charge in [-0.25, -0.2) is 9.37 Å². The molecule has 1 aliphatic rings. The van der Waals surface area contributed by atoms with Crippen LogP contribution in [0.2, 0.25) is 0 Å². The van der Waals surface area contributed by atoms with Gasteiger partial charge >= 0.3 is 0 Å². The average Bonchev–Trinajstić information content (AvgIpc) is 2.31. The molecule has 1 aliphatic carbocycles. The molecule has 0 saturated heterocycles. The van der Waals surface area contributed by atoms with Crippen LogP contribution in [-0.4, -0.2) is 4.98 Å². The normalized spacial score (nSPS) is 29.3. The Bertz CT molecular complexity index is 392. The fourth-order valence-electron chi connectivity index (χ4n) is 3.07. The lowest BCUT2D eigenvalue weighted by molar-refractivity contribution is 0.243. The van der Waals surface area contributed by atoms with Gasteiger partial charge in [-0.1, -0.05) is 20.3 Å². The van der Waals surface area contributed by atoms with Crippen molar-refractivity contribution in [3.8, 4) is 0 Å². The van der Waals surface area contributed by atoms with Gasteiger partial charge in [0.25, 0.3) is 0 Å². The van der Waals surface area contributed by atoms with Crippen LogP contribution in [0.3, 0.4) is 0 Å². The highest BCUT2D eigenvalue weighted by Gasteiger charge is 2.28. The second-order valence-corrected chi connectivity index (χ2v) is 5.31. The molecule has 0 bridgehead atoms. The fraction of sp³-hybridized carbons (Fsp3) is 0.643. The third kappa shape index (κ3) is 2.82. The largest absolute Gasteiger partial charge is 0.225 e. The summed E-state index contributed by atoms with van der Waals surface area (Å²) in [5.74, 6) is 0.447. The molecule has 2 rings (SSSR count). The fourth-order valence-corrected chi connectivity index (χ4v) is 3.07. The zero-order valence-corrected chi connectivity index (χ0v) is 10.4. The lowest BCUT2D eigenvalue weighted by Gasteiger charge is -2.33. The minimum atomic E-state index is -0.576. The topological polar surface area (TPSA) is 12.9 Å². The van der Waals surface area contributed by atoms with Crippen molar-refractivity contribution < 1.29 is 8.78 Å². The lowest BCUT2D eigenvalue weighted by atomic mass is 9.72. The van der Waals surface area contributed by atoms with E-state index in [1.54, 1.807) is 0 Å². The third-order valence-electron chi connectivity index (χ3n) is 3.91. The van der Waals surface area contributed by atoms with E-state index in [0.29, 0.717) is 17.4 Å². The van der Waals surface area contributed by atoms with Crippen LogP contribution in [0, 0.1) is 23.6 Å². The van der Waals surface area contributed by atoms with Gasteiger partial charge in [0, 0.05) is 0 Å². The van der Waals surface area contributed by atoms with Gasteiger partial charge in [-0.15, -0.1) is 0 Å². The van der Waals surface area contributed by atoms with Gasteiger partial charge < -0.3 is 0 Å². The molecule has 1 aromatic rings. The van der Waals surface area contributed by atoms with E-state index in [4.69, 9.17) is 0 Å². The number of hydrogen-bond donors (Lipinski definition) is 0. The van der Waals surface area contributed by atoms with E-state index in [9.17, 15) is 8.78 Å². The minimum absolute atomic E-state index is 0.154. The molecule has 1 saturated carbocycles. The summed E-state index contributed by atoms with van der Waals surface area (Å²) in [6.45, 7) is 4.37. The van der Waals surface area contributed by atoms with E-state index in [-0.39, 0.29) is 11.7 Å². The van der Waals surface area contributed by atoms with Crippen LogP contribution in [0.4, 0.5) is 8.78 Å². The van der Waals surface area contributed by atoms with Crippen LogP contribution in [-0.2, 0) is 0 Å². The molecule has 3 atom stereocenters. The molecule has 1 heterocycles. The maximum atomic E-state index is 13.7. The maximum absolute atomic E-state index is 13.7. The van der Waals surface area contributed by atoms with Gasteiger partial charge in [-0.3, -0.25) is 0 Å². The van der Waals surface area contributed by atoms with E-state index in [1.807, 2.05) is 0 Å². The summed E-state index contributed by atoms with van der Waals surface area (Å²) in [5.41, 5.74) is 0.516. The zero-order chi connectivity index (χ0) is 12.4. The number of pyridine rings is 1. The second-order valence-electron chi connectivity index (χ2n) is 5.31. The van der Waals surface area contributed by atoms with E-state index < -0.39 is 5.95 Å². The van der Waals surface area contributed by atoms with Crippen molar-refractivity contribution in [1.29, 1.82) is 0 Å². The first-order valence-corrected chi connectivity index (χ1v) is 6.41. The molecule has 0 aliphatic heterocycles. The molecule has 94 valence electrons. The van der Waals surface area contributed by atoms with Crippen molar-refractivity contribution in [2.75, 3.05) is 0 Å². The van der Waals surface area contributed by atoms with E-state index >= 15 is 0 Å². The van der Waals surface area contributed by atoms with Crippen LogP contribution < -0.4 is 0 Å². The smallest absolute Gasteiger partial charge is 0.213 e. The van der Waals surface area contributed by atoms with E-state index in [2.05, 4.69) is 18.8 Å². The van der Waals surface area contributed by atoms with Gasteiger partial charge in [0.1, 0.15) is 5.82 Å². The second kappa shape index (κ2) is 5.11. The predicted molar refractivity (Wildman–Crippen MR) is 63.7 cm³/mol. The Labute approximate surface area is 101 Å². The van der Waals surface area contributed by atoms with Crippen molar-refractivity contribution in [2.45, 2.75) is 45.4 Å². The molecular weight excluding hydrogens is 220 g/mol. The molecule has 3 heteroatoms. The SMILES string of the molecule is CCC1CC(C)CC(c2cc(F)ncc2F)C1. The Hall–Kier alpha value is -0.990. The van der Waals surface area contributed by atoms with E-state index in [1.165, 1.54) is 12.5 Å². The average molecular weight is 239 g/mol. The summed E-state index contributed by atoms with van der Waals surface area (Å²) < 4.78 is 26.8. The highest BCUT2D eigenvalue weighted by Crippen LogP contribution is 2.41. The van der Waals surface area contributed by atoms with Crippen LogP contribution in [0.15, 0.2) is 12.3 Å². The minimum Gasteiger partial charge on any atom is -0.225 e. The summed E-state index contributed by atoms with van der Waals surface area (Å²) in [7, 11) is 0. The van der Waals surface area contributed by atoms with Gasteiger partial charge in [-0.2, -0.15) is 4.39 Å². The van der Waals surface area contributed by atoms with Crippen molar-refractivity contribution >= 4 is 0 Å². The number of aromatic nitrogens is 1. The molecule has 0 N–H and O–H groups in total. The Balaban J connectivity index is 2.23. The number of halogens is 2. The first kappa shape index (κ1) is 12.5. The highest BCUT2D eigenvalue weighted by atomic mass is 19.1. The summed E-state index contributed by atoms with van der Waals surface area (Å²) >= 11 is 0. The first-order valence-electron chi connectivity index (χ1n) is 6.41. The van der Waals surface area contributed by atoms with Crippen molar-refractivity contribution in [3.05, 3.63) is 29.6 Å². The molecular formula is C14H19F2N. The molecule has 0 radical (unpaired) electrons. The monoisotopic (exact) mass is 239 g/mol. The summed E-state index contributed by atoms with van der Waals surface area (Å²) in [6, 6.07) is 1.27. The molecule has 0 aromatic carbocycles. The Morgan fingerprint density at radius 1 is 1.29 bits per heavy atom. The number of nitrogens with zero attached hydrogens (tertiary/aromatic N) is 1. The summed E-state index contributed by atoms with van der Waals surface area (Å²) in [4.78, 5) is 3.35. The molecule has 0 amide bonds. The van der Waals surface area contributed by atoms with E-state index in [0.717, 1.165) is 25.5 Å². The van der Waals surface area contributed by atoms with Crippen LogP contribution in [0.5, 0.6) is 0 Å². The van der Waals surface area contributed by atoms with Gasteiger partial charge in [0.2, 0.25) is 5.95 Å². The molecule has 1 fully saturated rings. The molecule has 1 nitrogen and oxygen atoms in total. The molecule has 17 heavy (non-hydrogen) atoms. The Kier molecular flexibility index (Phi) is 3.75. The van der Waals surface area contributed by atoms with Crippen LogP contribution >= 0.6 is 0 Å². The quantitative estimate of drug-likeness (QED) is 0.701. The van der Waals surface area contributed by atoms with Crippen molar-refractivity contribution in [2.24, 2.45) is 11.8 Å². The highest BCUT2D eigenvalue weighted by molar-refractivity contribution is 5.19. The standard InChI is InChI=1S/C14H19F2N/c1-3-10-4-9(2)5-11(6-10)12-7-14(16)17-8-13(12)15/h7-11H,3-6H2,1-2H3. The van der Waals surface area contributed by atoms with Crippen LogP contribution in [0.25, 0.3) is 0 Å². The van der Waals surface area contributed by atoms with Gasteiger partial charge in [0.05, 0.1) is 6.20 Å². The molecule has 1 aromatic heterocycles. The predicted octanol–water partition coefficient (Wildman–Crippen LogP) is 4.29. The Morgan fingerprint density at radius 3 is 2.76 bits per heavy atom. The zero-order valence-electron chi connectivity index (χ0n) is 10.4. The lowest BCUT2D eigenvalue weighted by Crippen LogP contribution is -2.20. The third-order valence-corrected chi connectivity index (χ3v) is 3.91. The molecule has 3 unspecified atom stereocenters. The maximum Gasteiger partial charge on any atom is 0.213 e. The number of hydrogen-bond acceptors (Lipinski definition) is 1. The first-order chi connectivity index (χ1) is 8.10. The van der Waals surface area contributed by atoms with Gasteiger partial charge in [-0.05, 0) is 48.6 Å². The summed E-state index contributed by atoms with van der Waals surface area (Å²) in [6.07, 6.45) is 5.27. The van der Waals surface area contributed by atoms with Crippen LogP contribution in [0.1, 0.15) is 51.0 Å². The summed E-state index contributed by atoms with van der Waals surface area (Å²) in [5, 5.41) is 0. The molecule has 0 spiro atoms.